The number of rotatable bonds is 8. The first-order valence-electron chi connectivity index (χ1n) is 7.06. The fraction of sp³-hybridized carbons (Fsp3) is 1.00. The molecule has 0 radical (unpaired) electrons. The molecular formula is C15H32. The van der Waals surface area contributed by atoms with Crippen LogP contribution in [0.1, 0.15) is 73.6 Å². The van der Waals surface area contributed by atoms with Crippen LogP contribution >= 0.6 is 0 Å². The van der Waals surface area contributed by atoms with Gasteiger partial charge in [-0.25, -0.2) is 0 Å². The smallest absolute Gasteiger partial charge is 0.0365 e. The molecule has 4 unspecified atom stereocenters. The minimum absolute atomic E-state index is 0.902. The second-order valence-electron chi connectivity index (χ2n) is 5.56. The lowest BCUT2D eigenvalue weighted by atomic mass is 9.76. The Morgan fingerprint density at radius 3 is 1.80 bits per heavy atom. The fourth-order valence-electron chi connectivity index (χ4n) is 3.09. The summed E-state index contributed by atoms with van der Waals surface area (Å²) in [5.41, 5.74) is 0. The maximum atomic E-state index is 2.46. The SMILES string of the molecule is CCCC(C)CC(C)C(CC)C(C)CC. The Morgan fingerprint density at radius 2 is 1.40 bits per heavy atom. The van der Waals surface area contributed by atoms with Crippen LogP contribution in [-0.2, 0) is 0 Å². The van der Waals surface area contributed by atoms with Gasteiger partial charge in [0.25, 0.3) is 0 Å². The molecule has 0 nitrogen and oxygen atoms in total. The molecule has 0 saturated carbocycles. The van der Waals surface area contributed by atoms with E-state index in [1.54, 1.807) is 0 Å². The van der Waals surface area contributed by atoms with E-state index in [0.717, 1.165) is 23.7 Å². The van der Waals surface area contributed by atoms with Gasteiger partial charge in [0, 0.05) is 0 Å². The van der Waals surface area contributed by atoms with Crippen molar-refractivity contribution in [3.63, 3.8) is 0 Å². The molecule has 4 atom stereocenters. The molecule has 0 aromatic rings. The number of hydrogen-bond acceptors (Lipinski definition) is 0. The summed E-state index contributed by atoms with van der Waals surface area (Å²) >= 11 is 0. The molecule has 15 heavy (non-hydrogen) atoms. The predicted molar refractivity (Wildman–Crippen MR) is 71.1 cm³/mol. The molecule has 0 aliphatic heterocycles. The van der Waals surface area contributed by atoms with Gasteiger partial charge in [0.15, 0.2) is 0 Å². The van der Waals surface area contributed by atoms with E-state index in [9.17, 15) is 0 Å². The number of hydrogen-bond donors (Lipinski definition) is 0. The third-order valence-electron chi connectivity index (χ3n) is 4.13. The first kappa shape index (κ1) is 15.0. The lowest BCUT2D eigenvalue weighted by molar-refractivity contribution is 0.206. The average molecular weight is 212 g/mol. The van der Waals surface area contributed by atoms with E-state index in [1.165, 1.54) is 32.1 Å². The standard InChI is InChI=1S/C15H32/c1-7-10-12(4)11-14(6)15(9-3)13(5)8-2/h12-15H,7-11H2,1-6H3. The molecule has 92 valence electrons. The average Bonchev–Trinajstić information content (AvgIpc) is 2.18. The Kier molecular flexibility index (Phi) is 8.19. The van der Waals surface area contributed by atoms with Crippen LogP contribution in [0.2, 0.25) is 0 Å². The van der Waals surface area contributed by atoms with Crippen LogP contribution < -0.4 is 0 Å². The summed E-state index contributed by atoms with van der Waals surface area (Å²) < 4.78 is 0. The largest absolute Gasteiger partial charge is 0.0654 e. The zero-order valence-corrected chi connectivity index (χ0v) is 11.8. The van der Waals surface area contributed by atoms with Crippen LogP contribution in [0.4, 0.5) is 0 Å². The van der Waals surface area contributed by atoms with Gasteiger partial charge >= 0.3 is 0 Å². The molecule has 0 heteroatoms. The van der Waals surface area contributed by atoms with Crippen molar-refractivity contribution in [1.29, 1.82) is 0 Å². The van der Waals surface area contributed by atoms with Crippen LogP contribution in [0.15, 0.2) is 0 Å². The molecule has 0 heterocycles. The lowest BCUT2D eigenvalue weighted by Crippen LogP contribution is -2.20. The van der Waals surface area contributed by atoms with E-state index in [0.29, 0.717) is 0 Å². The van der Waals surface area contributed by atoms with Crippen molar-refractivity contribution in [2.75, 3.05) is 0 Å². The van der Waals surface area contributed by atoms with Crippen molar-refractivity contribution in [2.45, 2.75) is 73.6 Å². The van der Waals surface area contributed by atoms with Crippen LogP contribution in [-0.4, -0.2) is 0 Å². The summed E-state index contributed by atoms with van der Waals surface area (Å²) in [5, 5.41) is 0. The predicted octanol–water partition coefficient (Wildman–Crippen LogP) is 5.52. The molecule has 0 N–H and O–H groups in total. The van der Waals surface area contributed by atoms with Gasteiger partial charge in [-0.1, -0.05) is 67.2 Å². The fourth-order valence-corrected chi connectivity index (χ4v) is 3.09. The molecule has 0 saturated heterocycles. The Labute approximate surface area is 97.8 Å². The summed E-state index contributed by atoms with van der Waals surface area (Å²) in [6, 6.07) is 0. The van der Waals surface area contributed by atoms with Crippen molar-refractivity contribution in [2.24, 2.45) is 23.7 Å². The summed E-state index contributed by atoms with van der Waals surface area (Å²) in [6.07, 6.45) is 6.87. The first-order valence-corrected chi connectivity index (χ1v) is 7.06. The van der Waals surface area contributed by atoms with Gasteiger partial charge in [-0.15, -0.1) is 0 Å². The Bertz CT molecular complexity index is 139. The highest BCUT2D eigenvalue weighted by Crippen LogP contribution is 2.31. The van der Waals surface area contributed by atoms with Crippen LogP contribution in [0.3, 0.4) is 0 Å². The van der Waals surface area contributed by atoms with Crippen molar-refractivity contribution in [1.82, 2.24) is 0 Å². The molecule has 0 aromatic carbocycles. The van der Waals surface area contributed by atoms with E-state index in [1.807, 2.05) is 0 Å². The Morgan fingerprint density at radius 1 is 0.800 bits per heavy atom. The van der Waals surface area contributed by atoms with E-state index >= 15 is 0 Å². The molecule has 0 rings (SSSR count). The summed E-state index contributed by atoms with van der Waals surface area (Å²) in [5.74, 6) is 3.67. The molecule has 0 aliphatic rings. The van der Waals surface area contributed by atoms with Crippen LogP contribution in [0.5, 0.6) is 0 Å². The maximum Gasteiger partial charge on any atom is -0.0365 e. The van der Waals surface area contributed by atoms with Crippen molar-refractivity contribution in [3.8, 4) is 0 Å². The van der Waals surface area contributed by atoms with Crippen molar-refractivity contribution < 1.29 is 0 Å². The molecule has 0 aromatic heterocycles. The van der Waals surface area contributed by atoms with Gasteiger partial charge in [-0.2, -0.15) is 0 Å². The first-order chi connectivity index (χ1) is 7.06. The zero-order valence-electron chi connectivity index (χ0n) is 11.8. The van der Waals surface area contributed by atoms with Crippen molar-refractivity contribution >= 4 is 0 Å². The summed E-state index contributed by atoms with van der Waals surface area (Å²) in [7, 11) is 0. The molecule has 0 aliphatic carbocycles. The minimum atomic E-state index is 0.902. The Balaban J connectivity index is 4.08. The van der Waals surface area contributed by atoms with Gasteiger partial charge in [-0.05, 0) is 30.1 Å². The second-order valence-corrected chi connectivity index (χ2v) is 5.56. The molecule has 0 amide bonds. The lowest BCUT2D eigenvalue weighted by Gasteiger charge is -2.30. The quantitative estimate of drug-likeness (QED) is 0.497. The van der Waals surface area contributed by atoms with Gasteiger partial charge < -0.3 is 0 Å². The Hall–Kier alpha value is 0. The monoisotopic (exact) mass is 212 g/mol. The van der Waals surface area contributed by atoms with E-state index in [-0.39, 0.29) is 0 Å². The zero-order chi connectivity index (χ0) is 11.8. The van der Waals surface area contributed by atoms with Crippen molar-refractivity contribution in [3.05, 3.63) is 0 Å². The highest BCUT2D eigenvalue weighted by molar-refractivity contribution is 4.72. The van der Waals surface area contributed by atoms with Crippen LogP contribution in [0.25, 0.3) is 0 Å². The summed E-state index contributed by atoms with van der Waals surface area (Å²) in [4.78, 5) is 0. The van der Waals surface area contributed by atoms with E-state index in [2.05, 4.69) is 41.5 Å². The maximum absolute atomic E-state index is 2.46. The highest BCUT2D eigenvalue weighted by atomic mass is 14.3. The van der Waals surface area contributed by atoms with Gasteiger partial charge in [0.1, 0.15) is 0 Å². The van der Waals surface area contributed by atoms with E-state index < -0.39 is 0 Å². The van der Waals surface area contributed by atoms with Crippen LogP contribution in [0, 0.1) is 23.7 Å². The van der Waals surface area contributed by atoms with E-state index in [4.69, 9.17) is 0 Å². The molecule has 0 bridgehead atoms. The van der Waals surface area contributed by atoms with Gasteiger partial charge in [0.2, 0.25) is 0 Å². The van der Waals surface area contributed by atoms with Gasteiger partial charge in [0.05, 0.1) is 0 Å². The topological polar surface area (TPSA) is 0 Å². The molecule has 0 spiro atoms. The normalized spacial score (nSPS) is 19.6. The molecular weight excluding hydrogens is 180 g/mol. The summed E-state index contributed by atoms with van der Waals surface area (Å²) in [6.45, 7) is 14.3. The third kappa shape index (κ3) is 5.58. The molecule has 0 fully saturated rings. The second kappa shape index (κ2) is 8.19. The minimum Gasteiger partial charge on any atom is -0.0654 e. The van der Waals surface area contributed by atoms with Gasteiger partial charge in [-0.3, -0.25) is 0 Å². The third-order valence-corrected chi connectivity index (χ3v) is 4.13. The highest BCUT2D eigenvalue weighted by Gasteiger charge is 2.21.